The minimum absolute atomic E-state index is 0.491. The van der Waals surface area contributed by atoms with E-state index in [1.807, 2.05) is 0 Å². The highest BCUT2D eigenvalue weighted by atomic mass is 35.5. The molecule has 2 aromatic rings. The first-order valence-electron chi connectivity index (χ1n) is 5.30. The molecule has 0 radical (unpaired) electrons. The summed E-state index contributed by atoms with van der Waals surface area (Å²) >= 11 is 6.07. The number of methoxy groups -OCH3 is 1. The van der Waals surface area contributed by atoms with Gasteiger partial charge in [0.2, 0.25) is 5.88 Å². The summed E-state index contributed by atoms with van der Waals surface area (Å²) in [5.41, 5.74) is 7.03. The van der Waals surface area contributed by atoms with Crippen molar-refractivity contribution in [3.8, 4) is 5.88 Å². The van der Waals surface area contributed by atoms with Crippen LogP contribution in [0.3, 0.4) is 0 Å². The van der Waals surface area contributed by atoms with Gasteiger partial charge in [0.05, 0.1) is 17.8 Å². The Morgan fingerprint density at radius 2 is 2.06 bits per heavy atom. The molecule has 6 heteroatoms. The molecular formula is C12H13ClN4O. The van der Waals surface area contributed by atoms with Crippen LogP contribution in [0.1, 0.15) is 5.82 Å². The Hall–Kier alpha value is -2.01. The smallest absolute Gasteiger partial charge is 0.218 e. The molecule has 5 nitrogen and oxygen atoms in total. The third-order valence-corrected chi connectivity index (χ3v) is 2.61. The lowest BCUT2D eigenvalue weighted by molar-refractivity contribution is 0.396. The van der Waals surface area contributed by atoms with E-state index in [2.05, 4.69) is 15.3 Å². The molecule has 0 bridgehead atoms. The van der Waals surface area contributed by atoms with Crippen LogP contribution in [0.25, 0.3) is 0 Å². The fourth-order valence-electron chi connectivity index (χ4n) is 1.49. The molecule has 18 heavy (non-hydrogen) atoms. The number of ether oxygens (including phenoxy) is 1. The van der Waals surface area contributed by atoms with E-state index < -0.39 is 0 Å². The van der Waals surface area contributed by atoms with Gasteiger partial charge in [-0.3, -0.25) is 0 Å². The number of nitrogens with zero attached hydrogens (tertiary/aromatic N) is 2. The van der Waals surface area contributed by atoms with E-state index >= 15 is 0 Å². The highest BCUT2D eigenvalue weighted by Crippen LogP contribution is 2.27. The van der Waals surface area contributed by atoms with Gasteiger partial charge in [-0.2, -0.15) is 4.98 Å². The molecular weight excluding hydrogens is 252 g/mol. The number of aromatic nitrogens is 2. The highest BCUT2D eigenvalue weighted by molar-refractivity contribution is 6.33. The predicted molar refractivity (Wildman–Crippen MR) is 72.5 cm³/mol. The van der Waals surface area contributed by atoms with Crippen molar-refractivity contribution in [2.45, 2.75) is 6.92 Å². The lowest BCUT2D eigenvalue weighted by Gasteiger charge is -2.10. The molecule has 0 saturated heterocycles. The summed E-state index contributed by atoms with van der Waals surface area (Å²) in [5.74, 6) is 1.70. The van der Waals surface area contributed by atoms with Gasteiger partial charge in [-0.1, -0.05) is 11.6 Å². The molecule has 0 spiro atoms. The third-order valence-electron chi connectivity index (χ3n) is 2.28. The molecule has 0 aliphatic rings. The Labute approximate surface area is 110 Å². The normalized spacial score (nSPS) is 10.2. The van der Waals surface area contributed by atoms with Crippen LogP contribution in [0.4, 0.5) is 17.2 Å². The summed E-state index contributed by atoms with van der Waals surface area (Å²) in [6.45, 7) is 1.79. The molecule has 1 heterocycles. The minimum Gasteiger partial charge on any atom is -0.481 e. The maximum Gasteiger partial charge on any atom is 0.218 e. The van der Waals surface area contributed by atoms with Crippen LogP contribution in [0.15, 0.2) is 24.3 Å². The van der Waals surface area contributed by atoms with Crippen molar-refractivity contribution in [2.75, 3.05) is 18.2 Å². The molecule has 0 unspecified atom stereocenters. The number of aryl methyl sites for hydroxylation is 1. The zero-order valence-electron chi connectivity index (χ0n) is 10.1. The second kappa shape index (κ2) is 5.10. The highest BCUT2D eigenvalue weighted by Gasteiger charge is 2.05. The van der Waals surface area contributed by atoms with Crippen LogP contribution in [0, 0.1) is 6.92 Å². The van der Waals surface area contributed by atoms with Gasteiger partial charge < -0.3 is 15.8 Å². The second-order valence-electron chi connectivity index (χ2n) is 3.71. The van der Waals surface area contributed by atoms with E-state index in [0.29, 0.717) is 33.9 Å². The first kappa shape index (κ1) is 12.4. The summed E-state index contributed by atoms with van der Waals surface area (Å²) in [6.07, 6.45) is 0. The number of anilines is 3. The van der Waals surface area contributed by atoms with Gasteiger partial charge >= 0.3 is 0 Å². The van der Waals surface area contributed by atoms with E-state index in [1.54, 1.807) is 38.3 Å². The quantitative estimate of drug-likeness (QED) is 0.834. The molecule has 1 aromatic carbocycles. The molecule has 2 rings (SSSR count). The zero-order valence-corrected chi connectivity index (χ0v) is 10.8. The van der Waals surface area contributed by atoms with Gasteiger partial charge in [0.25, 0.3) is 0 Å². The maximum atomic E-state index is 6.07. The number of nitrogens with one attached hydrogen (secondary N) is 1. The fourth-order valence-corrected chi connectivity index (χ4v) is 1.65. The molecule has 1 aromatic heterocycles. The van der Waals surface area contributed by atoms with E-state index in [-0.39, 0.29) is 0 Å². The summed E-state index contributed by atoms with van der Waals surface area (Å²) in [4.78, 5) is 8.35. The zero-order chi connectivity index (χ0) is 13.1. The van der Waals surface area contributed by atoms with Crippen molar-refractivity contribution >= 4 is 28.8 Å². The average Bonchev–Trinajstić information content (AvgIpc) is 2.33. The van der Waals surface area contributed by atoms with Crippen LogP contribution >= 0.6 is 11.6 Å². The lowest BCUT2D eigenvalue weighted by Crippen LogP contribution is -2.00. The van der Waals surface area contributed by atoms with Crippen LogP contribution in [0.5, 0.6) is 5.88 Å². The molecule has 0 saturated carbocycles. The summed E-state index contributed by atoms with van der Waals surface area (Å²) < 4.78 is 5.08. The van der Waals surface area contributed by atoms with Crippen molar-refractivity contribution in [3.63, 3.8) is 0 Å². The molecule has 0 aliphatic heterocycles. The molecule has 0 aliphatic carbocycles. The molecule has 0 fully saturated rings. The van der Waals surface area contributed by atoms with Gasteiger partial charge in [0.15, 0.2) is 0 Å². The van der Waals surface area contributed by atoms with Gasteiger partial charge in [0.1, 0.15) is 11.6 Å². The SMILES string of the molecule is COc1cc(Nc2cc(N)ccc2Cl)nc(C)n1. The van der Waals surface area contributed by atoms with Crippen molar-refractivity contribution in [1.29, 1.82) is 0 Å². The van der Waals surface area contributed by atoms with Crippen molar-refractivity contribution in [3.05, 3.63) is 35.1 Å². The van der Waals surface area contributed by atoms with Gasteiger partial charge in [-0.15, -0.1) is 0 Å². The number of rotatable bonds is 3. The summed E-state index contributed by atoms with van der Waals surface area (Å²) in [7, 11) is 1.55. The minimum atomic E-state index is 0.491. The predicted octanol–water partition coefficient (Wildman–Crippen LogP) is 2.77. The molecule has 0 amide bonds. The van der Waals surface area contributed by atoms with Crippen LogP contribution in [-0.4, -0.2) is 17.1 Å². The summed E-state index contributed by atoms with van der Waals surface area (Å²) in [5, 5.41) is 3.65. The monoisotopic (exact) mass is 264 g/mol. The number of hydrogen-bond acceptors (Lipinski definition) is 5. The van der Waals surface area contributed by atoms with E-state index in [0.717, 1.165) is 0 Å². The average molecular weight is 265 g/mol. The fraction of sp³-hybridized carbons (Fsp3) is 0.167. The molecule has 3 N–H and O–H groups in total. The lowest BCUT2D eigenvalue weighted by atomic mass is 10.3. The summed E-state index contributed by atoms with van der Waals surface area (Å²) in [6, 6.07) is 6.89. The third kappa shape index (κ3) is 2.81. The number of benzene rings is 1. The van der Waals surface area contributed by atoms with E-state index in [1.165, 1.54) is 0 Å². The number of nitrogen functional groups attached to an aromatic ring is 1. The van der Waals surface area contributed by atoms with Crippen LogP contribution in [0.2, 0.25) is 5.02 Å². The van der Waals surface area contributed by atoms with E-state index in [9.17, 15) is 0 Å². The van der Waals surface area contributed by atoms with Crippen molar-refractivity contribution in [1.82, 2.24) is 9.97 Å². The molecule has 0 atom stereocenters. The largest absolute Gasteiger partial charge is 0.481 e. The Kier molecular flexibility index (Phi) is 3.53. The second-order valence-corrected chi connectivity index (χ2v) is 4.11. The van der Waals surface area contributed by atoms with E-state index in [4.69, 9.17) is 22.1 Å². The standard InChI is InChI=1S/C12H13ClN4O/c1-7-15-11(6-12(16-7)18-2)17-10-5-8(14)3-4-9(10)13/h3-6H,14H2,1-2H3,(H,15,16,17). The van der Waals surface area contributed by atoms with Gasteiger partial charge in [-0.25, -0.2) is 4.98 Å². The number of nitrogens with two attached hydrogens (primary N) is 1. The van der Waals surface area contributed by atoms with Crippen LogP contribution in [-0.2, 0) is 0 Å². The molecule has 94 valence electrons. The topological polar surface area (TPSA) is 73.1 Å². The Morgan fingerprint density at radius 3 is 2.78 bits per heavy atom. The van der Waals surface area contributed by atoms with Crippen LogP contribution < -0.4 is 15.8 Å². The van der Waals surface area contributed by atoms with Gasteiger partial charge in [0, 0.05) is 11.8 Å². The first-order chi connectivity index (χ1) is 8.58. The number of hydrogen-bond donors (Lipinski definition) is 2. The Balaban J connectivity index is 2.33. The first-order valence-corrected chi connectivity index (χ1v) is 5.68. The number of halogens is 1. The van der Waals surface area contributed by atoms with Crippen molar-refractivity contribution < 1.29 is 4.74 Å². The Bertz CT molecular complexity index is 574. The van der Waals surface area contributed by atoms with Crippen molar-refractivity contribution in [2.24, 2.45) is 0 Å². The van der Waals surface area contributed by atoms with Gasteiger partial charge in [-0.05, 0) is 25.1 Å². The Morgan fingerprint density at radius 1 is 1.28 bits per heavy atom. The maximum absolute atomic E-state index is 6.07.